The number of nitrogens with two attached hydrogens (primary N) is 1. The topological polar surface area (TPSA) is 96.9 Å². The Morgan fingerprint density at radius 2 is 1.70 bits per heavy atom. The molecule has 0 aromatic heterocycles. The van der Waals surface area contributed by atoms with Crippen molar-refractivity contribution in [1.29, 1.82) is 0 Å². The van der Waals surface area contributed by atoms with Gasteiger partial charge in [-0.25, -0.2) is 9.79 Å². The first kappa shape index (κ1) is 20.3. The lowest BCUT2D eigenvalue weighted by Crippen LogP contribution is -2.37. The molecule has 4 N–H and O–H groups in total. The number of halogens is 3. The van der Waals surface area contributed by atoms with Gasteiger partial charge in [-0.3, -0.25) is 5.32 Å². The summed E-state index contributed by atoms with van der Waals surface area (Å²) in [5, 5.41) is 10.3. The van der Waals surface area contributed by atoms with E-state index in [9.17, 15) is 13.6 Å². The van der Waals surface area contributed by atoms with Crippen LogP contribution >= 0.6 is 11.6 Å². The molecule has 0 fully saturated rings. The maximum Gasteiger partial charge on any atom is 0.418 e. The Morgan fingerprint density at radius 1 is 1.15 bits per heavy atom. The highest BCUT2D eigenvalue weighted by Crippen LogP contribution is 2.25. The summed E-state index contributed by atoms with van der Waals surface area (Å²) in [6.07, 6.45) is -1.01. The average Bonchev–Trinajstić information content (AvgIpc) is 2.67. The van der Waals surface area contributed by atoms with Crippen LogP contribution in [-0.2, 0) is 0 Å². The van der Waals surface area contributed by atoms with Crippen molar-refractivity contribution in [3.8, 4) is 5.75 Å². The first-order valence-electron chi connectivity index (χ1n) is 7.66. The van der Waals surface area contributed by atoms with Crippen molar-refractivity contribution in [2.45, 2.75) is 5.92 Å². The lowest BCUT2D eigenvalue weighted by atomic mass is 10.2. The molecule has 2 aromatic carbocycles. The number of hydrogen-bond acceptors (Lipinski definition) is 5. The third-order valence-corrected chi connectivity index (χ3v) is 3.59. The van der Waals surface area contributed by atoms with Gasteiger partial charge in [-0.1, -0.05) is 48.0 Å². The van der Waals surface area contributed by atoms with Crippen LogP contribution in [0, 0.1) is 0 Å². The number of nitrogens with zero attached hydrogens (tertiary/aromatic N) is 1. The van der Waals surface area contributed by atoms with Gasteiger partial charge in [0.1, 0.15) is 23.1 Å². The van der Waals surface area contributed by atoms with Crippen molar-refractivity contribution in [1.82, 2.24) is 5.32 Å². The zero-order valence-corrected chi connectivity index (χ0v) is 14.7. The van der Waals surface area contributed by atoms with Gasteiger partial charge in [0.25, 0.3) is 0 Å². The molecule has 0 radical (unpaired) electrons. The second kappa shape index (κ2) is 9.11. The van der Waals surface area contributed by atoms with Crippen LogP contribution in [0.2, 0.25) is 0 Å². The Hall–Kier alpha value is -2.97. The largest absolute Gasteiger partial charge is 0.418 e. The number of aliphatic hydroxyl groups is 1. The van der Waals surface area contributed by atoms with Crippen molar-refractivity contribution in [2.75, 3.05) is 6.61 Å². The molecule has 0 bridgehead atoms. The third-order valence-electron chi connectivity index (χ3n) is 3.21. The minimum atomic E-state index is -3.79. The molecule has 2 aromatic rings. The number of amides is 1. The highest BCUT2D eigenvalue weighted by Gasteiger charge is 2.35. The molecular formula is C18H16ClF2N3O3. The number of carbonyl (C=O) groups is 1. The van der Waals surface area contributed by atoms with E-state index < -0.39 is 35.2 Å². The number of benzene rings is 2. The van der Waals surface area contributed by atoms with Gasteiger partial charge in [0.15, 0.2) is 5.84 Å². The Bertz CT molecular complexity index is 843. The second-order valence-corrected chi connectivity index (χ2v) is 5.59. The third kappa shape index (κ3) is 5.77. The number of para-hydroxylation sites is 2. The number of nitrogens with one attached hydrogen (secondary N) is 1. The number of rotatable bonds is 5. The van der Waals surface area contributed by atoms with Crippen LogP contribution in [0.5, 0.6) is 5.75 Å². The van der Waals surface area contributed by atoms with E-state index in [4.69, 9.17) is 27.2 Å². The molecule has 0 saturated heterocycles. The van der Waals surface area contributed by atoms with Crippen molar-refractivity contribution in [3.05, 3.63) is 71.4 Å². The van der Waals surface area contributed by atoms with Crippen molar-refractivity contribution >= 4 is 29.2 Å². The molecule has 0 aliphatic heterocycles. The molecule has 0 aliphatic carbocycles. The van der Waals surface area contributed by atoms with Gasteiger partial charge < -0.3 is 15.6 Å². The zero-order valence-electron chi connectivity index (χ0n) is 13.9. The van der Waals surface area contributed by atoms with Crippen LogP contribution in [0.15, 0.2) is 76.4 Å². The number of aliphatic imine (C=N–C) groups is 1. The Balaban J connectivity index is 2.34. The molecule has 6 nitrogen and oxygen atoms in total. The summed E-state index contributed by atoms with van der Waals surface area (Å²) in [4.78, 5) is 16.1. The van der Waals surface area contributed by atoms with E-state index in [1.54, 1.807) is 48.5 Å². The summed E-state index contributed by atoms with van der Waals surface area (Å²) in [6.45, 7) is -1.55. The van der Waals surface area contributed by atoms with Crippen LogP contribution in [0.3, 0.4) is 0 Å². The van der Waals surface area contributed by atoms with E-state index in [1.165, 1.54) is 12.1 Å². The quantitative estimate of drug-likeness (QED) is 0.533. The smallest absolute Gasteiger partial charge is 0.410 e. The van der Waals surface area contributed by atoms with E-state index in [2.05, 4.69) is 10.3 Å². The van der Waals surface area contributed by atoms with Crippen LogP contribution in [0.4, 0.5) is 19.3 Å². The molecule has 0 spiro atoms. The number of ether oxygens (including phenoxy) is 1. The van der Waals surface area contributed by atoms with Crippen LogP contribution in [0.1, 0.15) is 0 Å². The lowest BCUT2D eigenvalue weighted by Gasteiger charge is -2.17. The molecule has 27 heavy (non-hydrogen) atoms. The minimum Gasteiger partial charge on any atom is -0.410 e. The number of amidine groups is 1. The highest BCUT2D eigenvalue weighted by molar-refractivity contribution is 6.44. The monoisotopic (exact) mass is 395 g/mol. The van der Waals surface area contributed by atoms with Crippen LogP contribution in [0.25, 0.3) is 0 Å². The van der Waals surface area contributed by atoms with Gasteiger partial charge in [-0.15, -0.1) is 0 Å². The molecule has 2 rings (SSSR count). The van der Waals surface area contributed by atoms with Crippen LogP contribution in [-0.4, -0.2) is 29.6 Å². The van der Waals surface area contributed by atoms with Gasteiger partial charge in [0.2, 0.25) is 0 Å². The van der Waals surface area contributed by atoms with Gasteiger partial charge in [0.05, 0.1) is 5.69 Å². The fourth-order valence-electron chi connectivity index (χ4n) is 1.85. The van der Waals surface area contributed by atoms with E-state index >= 15 is 0 Å². The van der Waals surface area contributed by atoms with E-state index in [-0.39, 0.29) is 5.75 Å². The van der Waals surface area contributed by atoms with Crippen molar-refractivity contribution in [2.24, 2.45) is 10.7 Å². The Labute approximate surface area is 158 Å². The summed E-state index contributed by atoms with van der Waals surface area (Å²) < 4.78 is 32.4. The number of hydrogen-bond donors (Lipinski definition) is 3. The normalized spacial score (nSPS) is 13.0. The first-order chi connectivity index (χ1) is 12.8. The summed E-state index contributed by atoms with van der Waals surface area (Å²) >= 11 is 5.92. The molecule has 0 heterocycles. The number of alkyl halides is 2. The summed E-state index contributed by atoms with van der Waals surface area (Å²) in [6, 6.07) is 16.2. The first-order valence-corrected chi connectivity index (χ1v) is 8.03. The van der Waals surface area contributed by atoms with E-state index in [1.807, 2.05) is 0 Å². The number of carbonyl (C=O) groups excluding carboxylic acids is 1. The summed E-state index contributed by atoms with van der Waals surface area (Å²) in [5.41, 5.74) is 4.54. The summed E-state index contributed by atoms with van der Waals surface area (Å²) in [5.74, 6) is -4.02. The highest BCUT2D eigenvalue weighted by atomic mass is 35.5. The molecule has 142 valence electrons. The van der Waals surface area contributed by atoms with Gasteiger partial charge in [-0.05, 0) is 24.3 Å². The second-order valence-electron chi connectivity index (χ2n) is 5.21. The van der Waals surface area contributed by atoms with Gasteiger partial charge >= 0.3 is 12.0 Å². The Kier molecular flexibility index (Phi) is 6.86. The molecule has 9 heteroatoms. The Morgan fingerprint density at radius 3 is 2.26 bits per heavy atom. The minimum absolute atomic E-state index is 0.225. The molecule has 1 amide bonds. The van der Waals surface area contributed by atoms with E-state index in [0.717, 1.165) is 0 Å². The molecule has 0 atom stereocenters. The van der Waals surface area contributed by atoms with Gasteiger partial charge in [-0.2, -0.15) is 8.78 Å². The standard InChI is InChI=1S/C18H16ClF2N3O3/c19-14(15(22)18(20,21)11-25)16(23-12-7-3-1-4-8-12)24-17(26)27-13-9-5-2-6-10-13/h1-10,25H,11,22H2,(H,23,24,26). The average molecular weight is 396 g/mol. The summed E-state index contributed by atoms with van der Waals surface area (Å²) in [7, 11) is 0. The molecule has 0 saturated carbocycles. The van der Waals surface area contributed by atoms with Crippen molar-refractivity contribution in [3.63, 3.8) is 0 Å². The van der Waals surface area contributed by atoms with Crippen LogP contribution < -0.4 is 15.8 Å². The fourth-order valence-corrected chi connectivity index (χ4v) is 2.08. The van der Waals surface area contributed by atoms with Gasteiger partial charge in [0, 0.05) is 0 Å². The SMILES string of the molecule is NC(=C(Cl)C(=Nc1ccccc1)NC(=O)Oc1ccccc1)C(F)(F)CO. The lowest BCUT2D eigenvalue weighted by molar-refractivity contribution is -0.0170. The predicted octanol–water partition coefficient (Wildman–Crippen LogP) is 3.54. The zero-order chi connectivity index (χ0) is 19.9. The van der Waals surface area contributed by atoms with Crippen molar-refractivity contribution < 1.29 is 23.4 Å². The van der Waals surface area contributed by atoms with E-state index in [0.29, 0.717) is 5.69 Å². The predicted molar refractivity (Wildman–Crippen MR) is 98.2 cm³/mol. The maximum absolute atomic E-state index is 13.7. The maximum atomic E-state index is 13.7. The molecule has 0 aliphatic rings. The molecule has 0 unspecified atom stereocenters. The molecular weight excluding hydrogens is 380 g/mol. The number of aliphatic hydroxyl groups excluding tert-OH is 1. The fraction of sp³-hybridized carbons (Fsp3) is 0.111.